The summed E-state index contributed by atoms with van der Waals surface area (Å²) in [6, 6.07) is 7.49. The molecule has 0 saturated heterocycles. The van der Waals surface area contributed by atoms with Gasteiger partial charge in [-0.1, -0.05) is 13.8 Å². The Morgan fingerprint density at radius 1 is 0.969 bits per heavy atom. The van der Waals surface area contributed by atoms with Crippen LogP contribution < -0.4 is 9.47 Å². The number of phenolic OH excluding ortho intramolecular Hbond substituents is 1. The Morgan fingerprint density at radius 3 is 2.06 bits per heavy atom. The van der Waals surface area contributed by atoms with Gasteiger partial charge in [0, 0.05) is 23.4 Å². The van der Waals surface area contributed by atoms with E-state index in [2.05, 4.69) is 4.57 Å². The summed E-state index contributed by atoms with van der Waals surface area (Å²) in [7, 11) is 3.17. The minimum absolute atomic E-state index is 0.236. The van der Waals surface area contributed by atoms with E-state index >= 15 is 0 Å². The van der Waals surface area contributed by atoms with E-state index in [0.29, 0.717) is 29.3 Å². The molecular weight excluding hydrogens is 406 g/mol. The van der Waals surface area contributed by atoms with E-state index in [0.717, 1.165) is 39.9 Å². The van der Waals surface area contributed by atoms with E-state index in [1.54, 1.807) is 14.2 Å². The third kappa shape index (κ3) is 3.60. The Hall–Kier alpha value is -3.41. The number of benzene rings is 2. The second kappa shape index (κ2) is 8.99. The highest BCUT2D eigenvalue weighted by Crippen LogP contribution is 2.45. The molecule has 2 heterocycles. The molecule has 2 aromatic carbocycles. The van der Waals surface area contributed by atoms with Gasteiger partial charge >= 0.3 is 5.97 Å². The number of hydrogen-bond donors (Lipinski definition) is 2. The lowest BCUT2D eigenvalue weighted by Gasteiger charge is -2.23. The van der Waals surface area contributed by atoms with E-state index in [-0.39, 0.29) is 11.3 Å². The molecule has 0 radical (unpaired) electrons. The zero-order chi connectivity index (χ0) is 23.7. The third-order valence-corrected chi connectivity index (χ3v) is 5.99. The summed E-state index contributed by atoms with van der Waals surface area (Å²) in [5, 5.41) is 20.4. The first kappa shape index (κ1) is 23.3. The van der Waals surface area contributed by atoms with Crippen LogP contribution in [0.2, 0.25) is 0 Å². The molecule has 6 nitrogen and oxygen atoms in total. The quantitative estimate of drug-likeness (QED) is 0.543. The molecule has 0 spiro atoms. The lowest BCUT2D eigenvalue weighted by atomic mass is 9.92. The molecule has 0 unspecified atom stereocenters. The number of nitrogens with zero attached hydrogens (tertiary/aromatic N) is 1. The molecule has 0 amide bonds. The van der Waals surface area contributed by atoms with Crippen LogP contribution in [0.4, 0.5) is 0 Å². The van der Waals surface area contributed by atoms with Crippen LogP contribution in [-0.4, -0.2) is 35.0 Å². The number of aromatic nitrogens is 1. The Balaban J connectivity index is 0.00000141. The minimum atomic E-state index is -0.979. The van der Waals surface area contributed by atoms with Crippen molar-refractivity contribution in [3.8, 4) is 39.6 Å². The van der Waals surface area contributed by atoms with Crippen molar-refractivity contribution < 1.29 is 24.5 Å². The SMILES string of the molecule is CC.COc1cc2c(cc1OC)-c1c(C(=O)O)c(-c3cc(C)c(O)c(C)c3)c(C)n1CC2. The maximum absolute atomic E-state index is 12.5. The summed E-state index contributed by atoms with van der Waals surface area (Å²) in [6.07, 6.45) is 0.768. The lowest BCUT2D eigenvalue weighted by molar-refractivity contribution is 0.0698. The second-order valence-electron chi connectivity index (χ2n) is 7.71. The fourth-order valence-electron chi connectivity index (χ4n) is 4.54. The van der Waals surface area contributed by atoms with E-state index in [1.807, 2.05) is 58.9 Å². The number of aromatic hydroxyl groups is 1. The van der Waals surface area contributed by atoms with E-state index in [4.69, 9.17) is 9.47 Å². The first-order chi connectivity index (χ1) is 15.3. The predicted octanol–water partition coefficient (Wildman–Crippen LogP) is 5.75. The Morgan fingerprint density at radius 2 is 1.53 bits per heavy atom. The highest BCUT2D eigenvalue weighted by Gasteiger charge is 2.31. The van der Waals surface area contributed by atoms with Gasteiger partial charge in [0.25, 0.3) is 0 Å². The summed E-state index contributed by atoms with van der Waals surface area (Å²) < 4.78 is 13.0. The van der Waals surface area contributed by atoms with Gasteiger partial charge in [-0.3, -0.25) is 0 Å². The van der Waals surface area contributed by atoms with Gasteiger partial charge in [0.05, 0.1) is 25.5 Å². The van der Waals surface area contributed by atoms with Crippen LogP contribution in [0.5, 0.6) is 17.2 Å². The number of methoxy groups -OCH3 is 2. The van der Waals surface area contributed by atoms with Crippen molar-refractivity contribution >= 4 is 5.97 Å². The first-order valence-corrected chi connectivity index (χ1v) is 10.8. The molecule has 170 valence electrons. The summed E-state index contributed by atoms with van der Waals surface area (Å²) in [4.78, 5) is 12.5. The standard InChI is InChI=1S/C24H25NO5.C2H6/c1-12-8-16(9-13(2)23(12)26)20-14(3)25-7-6-15-10-18(29-4)19(30-5)11-17(15)22(25)21(20)24(27)28;1-2/h8-11,26H,6-7H2,1-5H3,(H,27,28);1-2H3. The fourth-order valence-corrected chi connectivity index (χ4v) is 4.54. The number of carboxylic acids is 1. The van der Waals surface area contributed by atoms with Crippen LogP contribution >= 0.6 is 0 Å². The minimum Gasteiger partial charge on any atom is -0.507 e. The molecule has 32 heavy (non-hydrogen) atoms. The monoisotopic (exact) mass is 437 g/mol. The number of phenols is 1. The van der Waals surface area contributed by atoms with Crippen molar-refractivity contribution in [1.82, 2.24) is 4.57 Å². The molecule has 1 aliphatic rings. The van der Waals surface area contributed by atoms with Crippen LogP contribution in [-0.2, 0) is 13.0 Å². The third-order valence-electron chi connectivity index (χ3n) is 5.99. The van der Waals surface area contributed by atoms with Crippen molar-refractivity contribution in [2.75, 3.05) is 14.2 Å². The molecule has 0 aliphatic carbocycles. The van der Waals surface area contributed by atoms with Gasteiger partial charge < -0.3 is 24.3 Å². The summed E-state index contributed by atoms with van der Waals surface area (Å²) in [6.45, 7) is 10.3. The Bertz CT molecular complexity index is 1170. The summed E-state index contributed by atoms with van der Waals surface area (Å²) >= 11 is 0. The largest absolute Gasteiger partial charge is 0.507 e. The van der Waals surface area contributed by atoms with Crippen molar-refractivity contribution in [3.05, 3.63) is 52.2 Å². The fraction of sp³-hybridized carbons (Fsp3) is 0.346. The molecule has 4 rings (SSSR count). The van der Waals surface area contributed by atoms with Gasteiger partial charge in [-0.15, -0.1) is 0 Å². The number of hydrogen-bond acceptors (Lipinski definition) is 4. The molecule has 2 N–H and O–H groups in total. The van der Waals surface area contributed by atoms with E-state index < -0.39 is 5.97 Å². The number of aromatic carboxylic acids is 1. The molecule has 0 atom stereocenters. The lowest BCUT2D eigenvalue weighted by Crippen LogP contribution is -2.14. The zero-order valence-corrected chi connectivity index (χ0v) is 19.8. The summed E-state index contributed by atoms with van der Waals surface area (Å²) in [5.74, 6) is 0.458. The molecule has 6 heteroatoms. The molecular formula is C26H31NO5. The molecule has 0 fully saturated rings. The molecule has 0 saturated carbocycles. The van der Waals surface area contributed by atoms with Crippen LogP contribution in [0.3, 0.4) is 0 Å². The maximum Gasteiger partial charge on any atom is 0.338 e. The van der Waals surface area contributed by atoms with Gasteiger partial charge in [0.2, 0.25) is 0 Å². The van der Waals surface area contributed by atoms with Crippen molar-refractivity contribution in [2.24, 2.45) is 0 Å². The van der Waals surface area contributed by atoms with E-state index in [1.165, 1.54) is 0 Å². The Labute approximate surface area is 189 Å². The van der Waals surface area contributed by atoms with Crippen molar-refractivity contribution in [2.45, 2.75) is 47.6 Å². The number of carbonyl (C=O) groups is 1. The van der Waals surface area contributed by atoms with Gasteiger partial charge in [0.1, 0.15) is 5.75 Å². The van der Waals surface area contributed by atoms with Gasteiger partial charge in [-0.05, 0) is 73.7 Å². The number of fused-ring (bicyclic) bond motifs is 3. The topological polar surface area (TPSA) is 80.9 Å². The van der Waals surface area contributed by atoms with Crippen LogP contribution in [0, 0.1) is 20.8 Å². The average Bonchev–Trinajstić information content (AvgIpc) is 3.10. The normalized spacial score (nSPS) is 11.7. The highest BCUT2D eigenvalue weighted by molar-refractivity contribution is 6.04. The van der Waals surface area contributed by atoms with E-state index in [9.17, 15) is 15.0 Å². The smallest absolute Gasteiger partial charge is 0.338 e. The van der Waals surface area contributed by atoms with Crippen molar-refractivity contribution in [3.63, 3.8) is 0 Å². The number of ether oxygens (including phenoxy) is 2. The molecule has 1 aromatic heterocycles. The average molecular weight is 438 g/mol. The first-order valence-electron chi connectivity index (χ1n) is 10.8. The predicted molar refractivity (Wildman–Crippen MR) is 126 cm³/mol. The second-order valence-corrected chi connectivity index (χ2v) is 7.71. The van der Waals surface area contributed by atoms with Crippen molar-refractivity contribution in [1.29, 1.82) is 0 Å². The van der Waals surface area contributed by atoms with Crippen LogP contribution in [0.15, 0.2) is 24.3 Å². The van der Waals surface area contributed by atoms with Crippen LogP contribution in [0.25, 0.3) is 22.4 Å². The highest BCUT2D eigenvalue weighted by atomic mass is 16.5. The Kier molecular flexibility index (Phi) is 6.53. The molecule has 0 bridgehead atoms. The maximum atomic E-state index is 12.5. The number of rotatable bonds is 4. The van der Waals surface area contributed by atoms with Gasteiger partial charge in [-0.2, -0.15) is 0 Å². The van der Waals surface area contributed by atoms with Crippen LogP contribution in [0.1, 0.15) is 46.6 Å². The number of carboxylic acid groups (broad SMARTS) is 1. The molecule has 1 aliphatic heterocycles. The van der Waals surface area contributed by atoms with Gasteiger partial charge in [0.15, 0.2) is 11.5 Å². The van der Waals surface area contributed by atoms with Gasteiger partial charge in [-0.25, -0.2) is 4.79 Å². The molecule has 3 aromatic rings. The number of aryl methyl sites for hydroxylation is 3. The summed E-state index contributed by atoms with van der Waals surface area (Å²) in [5.41, 5.74) is 6.64. The zero-order valence-electron chi connectivity index (χ0n) is 19.8.